The number of aryl methyl sites for hydroxylation is 1. The Labute approximate surface area is 177 Å². The molecule has 1 N–H and O–H groups in total. The minimum Gasteiger partial charge on any atom is -0.486 e. The molecule has 2 aromatic carbocycles. The largest absolute Gasteiger partial charge is 0.486 e. The summed E-state index contributed by atoms with van der Waals surface area (Å²) < 4.78 is 12.8. The number of aromatic nitrogens is 2. The third-order valence-corrected chi connectivity index (χ3v) is 5.72. The summed E-state index contributed by atoms with van der Waals surface area (Å²) in [7, 11) is 0. The molecule has 0 atom stereocenters. The number of fused-ring (bicyclic) bond motifs is 3. The first-order valence-corrected chi connectivity index (χ1v) is 10.4. The van der Waals surface area contributed by atoms with Crippen LogP contribution in [0.3, 0.4) is 0 Å². The number of carbonyl (C=O) groups is 1. The molecule has 3 heterocycles. The molecular weight excluding hydrogens is 406 g/mol. The van der Waals surface area contributed by atoms with Crippen molar-refractivity contribution < 1.29 is 14.3 Å². The minimum atomic E-state index is -0.206. The standard InChI is InChI=1S/C22H20ClN3O4/c23-16-10-13(11-18-20(16)30-9-8-29-18)5-6-24-21(27)14-3-4-15-17(12-14)25-19-2-1-7-26(19)22(15)28/h3-4,10-12H,1-2,5-9H2,(H,24,27). The number of nitrogens with one attached hydrogen (secondary N) is 1. The lowest BCUT2D eigenvalue weighted by Gasteiger charge is -2.20. The Balaban J connectivity index is 1.29. The molecule has 0 aliphatic carbocycles. The lowest BCUT2D eigenvalue weighted by molar-refractivity contribution is 0.0954. The summed E-state index contributed by atoms with van der Waals surface area (Å²) in [6.07, 6.45) is 2.32. The van der Waals surface area contributed by atoms with Crippen molar-refractivity contribution in [3.63, 3.8) is 0 Å². The van der Waals surface area contributed by atoms with Crippen LogP contribution in [0.5, 0.6) is 11.5 Å². The zero-order chi connectivity index (χ0) is 20.7. The van der Waals surface area contributed by atoms with Gasteiger partial charge in [0.15, 0.2) is 11.5 Å². The Morgan fingerprint density at radius 2 is 2.07 bits per heavy atom. The van der Waals surface area contributed by atoms with Crippen LogP contribution in [0.2, 0.25) is 5.02 Å². The van der Waals surface area contributed by atoms with Crippen LogP contribution < -0.4 is 20.3 Å². The van der Waals surface area contributed by atoms with Crippen molar-refractivity contribution in [1.82, 2.24) is 14.9 Å². The molecule has 1 amide bonds. The Hall–Kier alpha value is -3.06. The van der Waals surface area contributed by atoms with Crippen LogP contribution in [0.25, 0.3) is 10.9 Å². The molecule has 1 aromatic heterocycles. The van der Waals surface area contributed by atoms with Gasteiger partial charge in [0, 0.05) is 25.1 Å². The van der Waals surface area contributed by atoms with Crippen molar-refractivity contribution >= 4 is 28.4 Å². The summed E-state index contributed by atoms with van der Waals surface area (Å²) >= 11 is 6.27. The average Bonchev–Trinajstić information content (AvgIpc) is 3.22. The molecule has 0 saturated carbocycles. The van der Waals surface area contributed by atoms with Gasteiger partial charge in [0.25, 0.3) is 11.5 Å². The van der Waals surface area contributed by atoms with Gasteiger partial charge >= 0.3 is 0 Å². The summed E-state index contributed by atoms with van der Waals surface area (Å²) in [6, 6.07) is 8.76. The van der Waals surface area contributed by atoms with Crippen molar-refractivity contribution in [2.75, 3.05) is 19.8 Å². The van der Waals surface area contributed by atoms with Gasteiger partial charge in [-0.05, 0) is 48.7 Å². The topological polar surface area (TPSA) is 82.5 Å². The Kier molecular flexibility index (Phi) is 4.83. The molecule has 30 heavy (non-hydrogen) atoms. The van der Waals surface area contributed by atoms with E-state index in [1.165, 1.54) is 0 Å². The van der Waals surface area contributed by atoms with Gasteiger partial charge in [0.05, 0.1) is 15.9 Å². The molecule has 0 spiro atoms. The number of amides is 1. The minimum absolute atomic E-state index is 0.0325. The molecule has 0 bridgehead atoms. The molecular formula is C22H20ClN3O4. The van der Waals surface area contributed by atoms with Gasteiger partial charge in [0.1, 0.15) is 19.0 Å². The second-order valence-electron chi connectivity index (χ2n) is 7.43. The zero-order valence-corrected chi connectivity index (χ0v) is 17.0. The van der Waals surface area contributed by atoms with E-state index in [2.05, 4.69) is 10.3 Å². The number of hydrogen-bond donors (Lipinski definition) is 1. The predicted molar refractivity (Wildman–Crippen MR) is 113 cm³/mol. The SMILES string of the molecule is O=C(NCCc1cc(Cl)c2c(c1)OCCO2)c1ccc2c(=O)n3c(nc2c1)CCC3. The van der Waals surface area contributed by atoms with Gasteiger partial charge in [0.2, 0.25) is 0 Å². The number of halogens is 1. The molecule has 7 nitrogen and oxygen atoms in total. The number of rotatable bonds is 4. The first-order chi connectivity index (χ1) is 14.6. The van der Waals surface area contributed by atoms with Crippen molar-refractivity contribution in [1.29, 1.82) is 0 Å². The lowest BCUT2D eigenvalue weighted by Crippen LogP contribution is -2.26. The van der Waals surface area contributed by atoms with Gasteiger partial charge in [-0.2, -0.15) is 0 Å². The van der Waals surface area contributed by atoms with E-state index < -0.39 is 0 Å². The Morgan fingerprint density at radius 3 is 2.97 bits per heavy atom. The maximum absolute atomic E-state index is 12.6. The number of benzene rings is 2. The molecule has 3 aromatic rings. The van der Waals surface area contributed by atoms with Gasteiger partial charge in [-0.25, -0.2) is 4.98 Å². The van der Waals surface area contributed by atoms with Gasteiger partial charge < -0.3 is 14.8 Å². The zero-order valence-electron chi connectivity index (χ0n) is 16.2. The van der Waals surface area contributed by atoms with E-state index in [0.29, 0.717) is 65.7 Å². The third-order valence-electron chi connectivity index (χ3n) is 5.43. The Bertz CT molecular complexity index is 1220. The monoisotopic (exact) mass is 425 g/mol. The Morgan fingerprint density at radius 1 is 1.20 bits per heavy atom. The van der Waals surface area contributed by atoms with Crippen LogP contribution in [0.1, 0.15) is 28.2 Å². The van der Waals surface area contributed by atoms with Gasteiger partial charge in [-0.15, -0.1) is 0 Å². The van der Waals surface area contributed by atoms with E-state index >= 15 is 0 Å². The van der Waals surface area contributed by atoms with Crippen molar-refractivity contribution in [2.45, 2.75) is 25.8 Å². The third kappa shape index (κ3) is 3.39. The quantitative estimate of drug-likeness (QED) is 0.695. The molecule has 0 radical (unpaired) electrons. The lowest BCUT2D eigenvalue weighted by atomic mass is 10.1. The second-order valence-corrected chi connectivity index (χ2v) is 7.84. The van der Waals surface area contributed by atoms with E-state index in [1.807, 2.05) is 12.1 Å². The maximum atomic E-state index is 12.6. The smallest absolute Gasteiger partial charge is 0.261 e. The molecule has 5 rings (SSSR count). The number of ether oxygens (including phenoxy) is 2. The van der Waals surface area contributed by atoms with Gasteiger partial charge in [-0.1, -0.05) is 11.6 Å². The summed E-state index contributed by atoms with van der Waals surface area (Å²) in [5, 5.41) is 3.97. The van der Waals surface area contributed by atoms with Crippen LogP contribution in [0.15, 0.2) is 35.1 Å². The van der Waals surface area contributed by atoms with Crippen LogP contribution in [0.4, 0.5) is 0 Å². The van der Waals surface area contributed by atoms with Crippen LogP contribution in [-0.4, -0.2) is 35.2 Å². The fraction of sp³-hybridized carbons (Fsp3) is 0.318. The molecule has 0 unspecified atom stereocenters. The number of carbonyl (C=O) groups excluding carboxylic acids is 1. The van der Waals surface area contributed by atoms with E-state index in [4.69, 9.17) is 21.1 Å². The van der Waals surface area contributed by atoms with Crippen molar-refractivity contribution in [2.24, 2.45) is 0 Å². The maximum Gasteiger partial charge on any atom is 0.261 e. The van der Waals surface area contributed by atoms with E-state index in [-0.39, 0.29) is 11.5 Å². The van der Waals surface area contributed by atoms with Crippen molar-refractivity contribution in [3.8, 4) is 11.5 Å². The molecule has 8 heteroatoms. The summed E-state index contributed by atoms with van der Waals surface area (Å²) in [4.78, 5) is 29.7. The number of nitrogens with zero attached hydrogens (tertiary/aromatic N) is 2. The van der Waals surface area contributed by atoms with Gasteiger partial charge in [-0.3, -0.25) is 14.2 Å². The van der Waals surface area contributed by atoms with Crippen LogP contribution in [-0.2, 0) is 19.4 Å². The van der Waals surface area contributed by atoms with Crippen LogP contribution in [0, 0.1) is 0 Å². The van der Waals surface area contributed by atoms with E-state index in [9.17, 15) is 9.59 Å². The molecule has 0 saturated heterocycles. The average molecular weight is 426 g/mol. The molecule has 0 fully saturated rings. The number of hydrogen-bond acceptors (Lipinski definition) is 5. The van der Waals surface area contributed by atoms with E-state index in [0.717, 1.165) is 24.2 Å². The highest BCUT2D eigenvalue weighted by atomic mass is 35.5. The van der Waals surface area contributed by atoms with Crippen molar-refractivity contribution in [3.05, 3.63) is 62.7 Å². The molecule has 154 valence electrons. The predicted octanol–water partition coefficient (Wildman–Crippen LogP) is 2.74. The second kappa shape index (κ2) is 7.65. The summed E-state index contributed by atoms with van der Waals surface area (Å²) in [5.74, 6) is 1.79. The summed E-state index contributed by atoms with van der Waals surface area (Å²) in [5.41, 5.74) is 1.97. The highest BCUT2D eigenvalue weighted by molar-refractivity contribution is 6.32. The normalized spacial score (nSPS) is 14.6. The van der Waals surface area contributed by atoms with Crippen LogP contribution >= 0.6 is 11.6 Å². The molecule has 2 aliphatic heterocycles. The first kappa shape index (κ1) is 18.9. The fourth-order valence-electron chi connectivity index (χ4n) is 3.96. The fourth-order valence-corrected chi connectivity index (χ4v) is 4.24. The van der Waals surface area contributed by atoms with E-state index in [1.54, 1.807) is 22.8 Å². The highest BCUT2D eigenvalue weighted by Crippen LogP contribution is 2.38. The highest BCUT2D eigenvalue weighted by Gasteiger charge is 2.18. The molecule has 2 aliphatic rings. The first-order valence-electron chi connectivity index (χ1n) is 10.00. The summed E-state index contributed by atoms with van der Waals surface area (Å²) in [6.45, 7) is 2.13.